The van der Waals surface area contributed by atoms with Crippen molar-refractivity contribution in [2.75, 3.05) is 26.1 Å². The number of hydrogen-bond acceptors (Lipinski definition) is 8. The van der Waals surface area contributed by atoms with Gasteiger partial charge in [-0.3, -0.25) is 10.1 Å². The summed E-state index contributed by atoms with van der Waals surface area (Å²) in [5, 5.41) is 12.1. The van der Waals surface area contributed by atoms with Crippen molar-refractivity contribution >= 4 is 28.3 Å². The van der Waals surface area contributed by atoms with Gasteiger partial charge in [-0.1, -0.05) is 25.2 Å². The predicted molar refractivity (Wildman–Crippen MR) is 96.9 cm³/mol. The molecular formula is C17H21N3O5S. The monoisotopic (exact) mass is 379 g/mol. The molecule has 1 aromatic carbocycles. The molecule has 0 spiro atoms. The van der Waals surface area contributed by atoms with E-state index in [4.69, 9.17) is 9.47 Å². The molecule has 0 saturated carbocycles. The zero-order valence-corrected chi connectivity index (χ0v) is 15.9. The summed E-state index contributed by atoms with van der Waals surface area (Å²) in [5.41, 5.74) is 0.368. The number of rotatable bonds is 8. The highest BCUT2D eigenvalue weighted by molar-refractivity contribution is 7.15. The number of benzene rings is 1. The third kappa shape index (κ3) is 5.41. The zero-order valence-electron chi connectivity index (χ0n) is 15.1. The van der Waals surface area contributed by atoms with Crippen molar-refractivity contribution in [1.29, 1.82) is 0 Å². The van der Waals surface area contributed by atoms with E-state index in [1.54, 1.807) is 12.1 Å². The Hall–Kier alpha value is -2.68. The van der Waals surface area contributed by atoms with Crippen molar-refractivity contribution in [1.82, 2.24) is 10.2 Å². The number of carbonyl (C=O) groups is 2. The quantitative estimate of drug-likeness (QED) is 0.704. The van der Waals surface area contributed by atoms with Crippen LogP contribution in [0.2, 0.25) is 0 Å². The zero-order chi connectivity index (χ0) is 19.1. The third-order valence-electron chi connectivity index (χ3n) is 3.27. The van der Waals surface area contributed by atoms with E-state index in [9.17, 15) is 9.59 Å². The highest BCUT2D eigenvalue weighted by Gasteiger charge is 2.15. The minimum Gasteiger partial charge on any atom is -0.493 e. The molecule has 1 aromatic heterocycles. The standard InChI is InChI=1S/C17H21N3O5S/c1-10(2)7-14-19-20-17(26-14)18-16(22)11-5-6-12(13(8-11)23-3)25-9-15(21)24-4/h5-6,8,10H,7,9H2,1-4H3,(H,18,20,22). The lowest BCUT2D eigenvalue weighted by molar-refractivity contribution is -0.142. The van der Waals surface area contributed by atoms with Gasteiger partial charge in [0, 0.05) is 12.0 Å². The topological polar surface area (TPSA) is 99.6 Å². The van der Waals surface area contributed by atoms with Crippen molar-refractivity contribution in [2.24, 2.45) is 5.92 Å². The molecule has 0 unspecified atom stereocenters. The van der Waals surface area contributed by atoms with Gasteiger partial charge in [0.1, 0.15) is 5.01 Å². The second kappa shape index (κ2) is 9.14. The maximum absolute atomic E-state index is 12.4. The average Bonchev–Trinajstić information content (AvgIpc) is 3.05. The Labute approximate surface area is 155 Å². The van der Waals surface area contributed by atoms with E-state index in [-0.39, 0.29) is 12.5 Å². The lowest BCUT2D eigenvalue weighted by Crippen LogP contribution is -2.14. The number of nitrogens with one attached hydrogen (secondary N) is 1. The van der Waals surface area contributed by atoms with E-state index in [1.807, 2.05) is 0 Å². The number of aromatic nitrogens is 2. The Balaban J connectivity index is 2.06. The van der Waals surface area contributed by atoms with Crippen molar-refractivity contribution in [2.45, 2.75) is 20.3 Å². The van der Waals surface area contributed by atoms with Crippen molar-refractivity contribution in [3.05, 3.63) is 28.8 Å². The molecule has 0 aliphatic rings. The van der Waals surface area contributed by atoms with Crippen LogP contribution in [0.15, 0.2) is 18.2 Å². The molecule has 0 aliphatic carbocycles. The maximum atomic E-state index is 12.4. The molecule has 1 heterocycles. The second-order valence-corrected chi connectivity index (χ2v) is 6.85. The smallest absolute Gasteiger partial charge is 0.343 e. The molecule has 140 valence electrons. The molecule has 26 heavy (non-hydrogen) atoms. The molecule has 8 nitrogen and oxygen atoms in total. The normalized spacial score (nSPS) is 10.5. The summed E-state index contributed by atoms with van der Waals surface area (Å²) < 4.78 is 15.1. The summed E-state index contributed by atoms with van der Waals surface area (Å²) in [6, 6.07) is 4.65. The van der Waals surface area contributed by atoms with Gasteiger partial charge in [-0.05, 0) is 24.1 Å². The number of esters is 1. The van der Waals surface area contributed by atoms with Gasteiger partial charge >= 0.3 is 5.97 Å². The van der Waals surface area contributed by atoms with Crippen LogP contribution in [0.3, 0.4) is 0 Å². The Morgan fingerprint density at radius 2 is 1.96 bits per heavy atom. The summed E-state index contributed by atoms with van der Waals surface area (Å²) in [6.07, 6.45) is 0.813. The van der Waals surface area contributed by atoms with E-state index in [0.29, 0.717) is 28.1 Å². The third-order valence-corrected chi connectivity index (χ3v) is 4.13. The van der Waals surface area contributed by atoms with Gasteiger partial charge in [0.2, 0.25) is 5.13 Å². The molecular weight excluding hydrogens is 358 g/mol. The molecule has 0 atom stereocenters. The lowest BCUT2D eigenvalue weighted by atomic mass is 10.1. The highest BCUT2D eigenvalue weighted by atomic mass is 32.1. The summed E-state index contributed by atoms with van der Waals surface area (Å²) in [6.45, 7) is 3.94. The van der Waals surface area contributed by atoms with Crippen LogP contribution in [0.5, 0.6) is 11.5 Å². The maximum Gasteiger partial charge on any atom is 0.343 e. The largest absolute Gasteiger partial charge is 0.493 e. The van der Waals surface area contributed by atoms with E-state index < -0.39 is 5.97 Å². The minimum atomic E-state index is -0.512. The van der Waals surface area contributed by atoms with Crippen LogP contribution in [0, 0.1) is 5.92 Å². The van der Waals surface area contributed by atoms with E-state index in [1.165, 1.54) is 31.6 Å². The molecule has 2 aromatic rings. The SMILES string of the molecule is COC(=O)COc1ccc(C(=O)Nc2nnc(CC(C)C)s2)cc1OC. The van der Waals surface area contributed by atoms with Gasteiger partial charge in [0.25, 0.3) is 5.91 Å². The lowest BCUT2D eigenvalue weighted by Gasteiger charge is -2.11. The number of anilines is 1. The van der Waals surface area contributed by atoms with Crippen LogP contribution in [0.25, 0.3) is 0 Å². The fourth-order valence-electron chi connectivity index (χ4n) is 2.03. The van der Waals surface area contributed by atoms with Gasteiger partial charge in [-0.15, -0.1) is 10.2 Å². The van der Waals surface area contributed by atoms with E-state index in [2.05, 4.69) is 34.1 Å². The molecule has 0 aliphatic heterocycles. The molecule has 0 saturated heterocycles. The Morgan fingerprint density at radius 1 is 1.19 bits per heavy atom. The van der Waals surface area contributed by atoms with Gasteiger partial charge in [-0.25, -0.2) is 4.79 Å². The van der Waals surface area contributed by atoms with E-state index >= 15 is 0 Å². The summed E-state index contributed by atoms with van der Waals surface area (Å²) in [4.78, 5) is 23.6. The van der Waals surface area contributed by atoms with Crippen LogP contribution in [0.4, 0.5) is 5.13 Å². The summed E-state index contributed by atoms with van der Waals surface area (Å²) in [5.74, 6) is 0.287. The average molecular weight is 379 g/mol. The van der Waals surface area contributed by atoms with Gasteiger partial charge in [-0.2, -0.15) is 0 Å². The van der Waals surface area contributed by atoms with Crippen molar-refractivity contribution in [3.63, 3.8) is 0 Å². The first-order valence-corrected chi connectivity index (χ1v) is 8.76. The van der Waals surface area contributed by atoms with Gasteiger partial charge in [0.05, 0.1) is 14.2 Å². The number of ether oxygens (including phenoxy) is 3. The van der Waals surface area contributed by atoms with Gasteiger partial charge < -0.3 is 14.2 Å². The number of carbonyl (C=O) groups excluding carboxylic acids is 2. The van der Waals surface area contributed by atoms with Crippen LogP contribution in [-0.2, 0) is 16.0 Å². The molecule has 0 bridgehead atoms. The molecule has 9 heteroatoms. The highest BCUT2D eigenvalue weighted by Crippen LogP contribution is 2.28. The minimum absolute atomic E-state index is 0.248. The van der Waals surface area contributed by atoms with Crippen LogP contribution < -0.4 is 14.8 Å². The van der Waals surface area contributed by atoms with Crippen LogP contribution in [0.1, 0.15) is 29.2 Å². The summed E-state index contributed by atoms with van der Waals surface area (Å²) >= 11 is 1.35. The van der Waals surface area contributed by atoms with E-state index in [0.717, 1.165) is 11.4 Å². The first-order valence-electron chi connectivity index (χ1n) is 7.94. The Morgan fingerprint density at radius 3 is 2.62 bits per heavy atom. The van der Waals surface area contributed by atoms with Crippen LogP contribution >= 0.6 is 11.3 Å². The molecule has 0 radical (unpaired) electrons. The Bertz CT molecular complexity index is 776. The number of methoxy groups -OCH3 is 2. The molecule has 1 N–H and O–H groups in total. The second-order valence-electron chi connectivity index (χ2n) is 5.78. The van der Waals surface area contributed by atoms with Crippen molar-refractivity contribution < 1.29 is 23.8 Å². The number of nitrogens with zero attached hydrogens (tertiary/aromatic N) is 2. The first-order chi connectivity index (χ1) is 12.4. The molecule has 0 fully saturated rings. The first kappa shape index (κ1) is 19.6. The van der Waals surface area contributed by atoms with Crippen LogP contribution in [-0.4, -0.2) is 42.9 Å². The fraction of sp³-hybridized carbons (Fsp3) is 0.412. The predicted octanol–water partition coefficient (Wildman–Crippen LogP) is 2.55. The van der Waals surface area contributed by atoms with Crippen molar-refractivity contribution in [3.8, 4) is 11.5 Å². The number of hydrogen-bond donors (Lipinski definition) is 1. The van der Waals surface area contributed by atoms with Gasteiger partial charge in [0.15, 0.2) is 18.1 Å². The molecule has 2 rings (SSSR count). The Kier molecular flexibility index (Phi) is 6.90. The number of amides is 1. The molecule has 1 amide bonds. The fourth-order valence-corrected chi connectivity index (χ4v) is 2.98. The summed E-state index contributed by atoms with van der Waals surface area (Å²) in [7, 11) is 2.72.